The molecule has 0 aromatic carbocycles. The van der Waals surface area contributed by atoms with Gasteiger partial charge < -0.3 is 34.8 Å². The van der Waals surface area contributed by atoms with Gasteiger partial charge in [0.25, 0.3) is 0 Å². The number of rotatable bonds is 0. The van der Waals surface area contributed by atoms with E-state index in [9.17, 15) is 0 Å². The predicted molar refractivity (Wildman–Crippen MR) is 48.2 cm³/mol. The first-order valence-corrected chi connectivity index (χ1v) is 5.76. The summed E-state index contributed by atoms with van der Waals surface area (Å²) in [4.78, 5) is 43.1. The number of phosphoric acid groups is 2. The lowest BCUT2D eigenvalue weighted by atomic mass is 11.3. The van der Waals surface area contributed by atoms with Gasteiger partial charge in [-0.25, -0.2) is 9.13 Å². The third kappa shape index (κ3) is 34800. The van der Waals surface area contributed by atoms with Crippen LogP contribution in [0.2, 0.25) is 0 Å². The van der Waals surface area contributed by atoms with E-state index in [1.807, 2.05) is 0 Å². The molecule has 0 bridgehead atoms. The normalized spacial score (nSPS) is 9.36. The van der Waals surface area contributed by atoms with Crippen LogP contribution in [0.4, 0.5) is 0 Å². The Kier molecular flexibility index (Phi) is 19.2. The van der Waals surface area contributed by atoms with Crippen LogP contribution >= 0.6 is 27.2 Å². The molecule has 14 heavy (non-hydrogen) atoms. The highest BCUT2D eigenvalue weighted by Gasteiger charge is 2.00. The molecule has 0 atom stereocenters. The van der Waals surface area contributed by atoms with Gasteiger partial charge in [-0.3, -0.25) is 0 Å². The van der Waals surface area contributed by atoms with Crippen molar-refractivity contribution in [3.05, 3.63) is 12.1 Å². The van der Waals surface area contributed by atoms with Gasteiger partial charge in [0.1, 0.15) is 0 Å². The molecule has 0 unspecified atom stereocenters. The molecule has 0 amide bonds. The quantitative estimate of drug-likeness (QED) is 0.294. The lowest BCUT2D eigenvalue weighted by Gasteiger charge is -1.82. The van der Waals surface area contributed by atoms with Crippen molar-refractivity contribution in [3.8, 4) is 0 Å². The lowest BCUT2D eigenvalue weighted by molar-refractivity contribution is 0.272. The van der Waals surface area contributed by atoms with Crippen LogP contribution in [0.5, 0.6) is 0 Å². The van der Waals surface area contributed by atoms with E-state index in [1.165, 1.54) is 5.54 Å². The third-order valence-corrected chi connectivity index (χ3v) is 0. The van der Waals surface area contributed by atoms with Gasteiger partial charge in [-0.15, -0.1) is 0 Å². The third-order valence-electron chi connectivity index (χ3n) is 0. The molecule has 0 spiro atoms. The zero-order valence-corrected chi connectivity index (χ0v) is 9.10. The van der Waals surface area contributed by atoms with Crippen LogP contribution in [0.25, 0.3) is 0 Å². The van der Waals surface area contributed by atoms with E-state index >= 15 is 0 Å². The van der Waals surface area contributed by atoms with Crippen LogP contribution in [-0.4, -0.2) is 34.8 Å². The molecule has 0 saturated heterocycles. The van der Waals surface area contributed by atoms with Gasteiger partial charge in [0.15, 0.2) is 0 Å². The standard InChI is InChI=1S/C2H3Cl.2H3O4P.H2O/c1-2-3;2*1-5(2,3)4;/h2H,1H2;2*(H3,1,2,3,4);1H2. The minimum atomic E-state index is -4.64. The maximum atomic E-state index is 8.88. The van der Waals surface area contributed by atoms with E-state index in [-0.39, 0.29) is 5.48 Å². The van der Waals surface area contributed by atoms with Crippen LogP contribution in [0.15, 0.2) is 12.1 Å². The van der Waals surface area contributed by atoms with Gasteiger partial charge in [0, 0.05) is 0 Å². The SMILES string of the molecule is C=CCl.O.O=P(O)(O)O.O=P(O)(O)O. The van der Waals surface area contributed by atoms with E-state index in [0.29, 0.717) is 0 Å². The Hall–Kier alpha value is 0.210. The van der Waals surface area contributed by atoms with Crippen LogP contribution < -0.4 is 0 Å². The molecule has 0 aliphatic rings. The Balaban J connectivity index is -0.0000000535. The second-order valence-corrected chi connectivity index (χ2v) is 3.54. The second-order valence-electron chi connectivity index (χ2n) is 1.18. The molecule has 0 aromatic heterocycles. The van der Waals surface area contributed by atoms with Gasteiger partial charge in [-0.05, 0) is 5.54 Å². The highest BCUT2D eigenvalue weighted by Crippen LogP contribution is 2.26. The van der Waals surface area contributed by atoms with Crippen molar-refractivity contribution in [2.75, 3.05) is 0 Å². The van der Waals surface area contributed by atoms with Crippen molar-refractivity contribution in [3.63, 3.8) is 0 Å². The van der Waals surface area contributed by atoms with E-state index in [4.69, 9.17) is 50.1 Å². The Morgan fingerprint density at radius 3 is 0.929 bits per heavy atom. The van der Waals surface area contributed by atoms with E-state index in [0.717, 1.165) is 0 Å². The monoisotopic (exact) mass is 276 g/mol. The fourth-order valence-corrected chi connectivity index (χ4v) is 0. The summed E-state index contributed by atoms with van der Waals surface area (Å²) >= 11 is 4.76. The molecular weight excluding hydrogens is 265 g/mol. The molecule has 90 valence electrons. The predicted octanol–water partition coefficient (Wildman–Crippen LogP) is -1.31. The maximum Gasteiger partial charge on any atom is 0.466 e. The molecule has 0 radical (unpaired) electrons. The Bertz CT molecular complexity index is 166. The second kappa shape index (κ2) is 11.3. The largest absolute Gasteiger partial charge is 0.466 e. The highest BCUT2D eigenvalue weighted by atomic mass is 35.5. The Morgan fingerprint density at radius 1 is 0.929 bits per heavy atom. The fraction of sp³-hybridized carbons (Fsp3) is 0. The first kappa shape index (κ1) is 23.8. The van der Waals surface area contributed by atoms with Crippen molar-refractivity contribution in [1.29, 1.82) is 0 Å². The zero-order valence-electron chi connectivity index (χ0n) is 6.56. The molecule has 0 rings (SSSR count). The number of halogens is 1. The molecule has 0 heterocycles. The molecule has 0 fully saturated rings. The molecule has 8 N–H and O–H groups in total. The van der Waals surface area contributed by atoms with Crippen LogP contribution in [0.1, 0.15) is 0 Å². The average Bonchev–Trinajstić information content (AvgIpc) is 1.52. The fourth-order valence-electron chi connectivity index (χ4n) is 0. The van der Waals surface area contributed by atoms with E-state index < -0.39 is 15.6 Å². The molecule has 12 heteroatoms. The molecule has 9 nitrogen and oxygen atoms in total. The summed E-state index contributed by atoms with van der Waals surface area (Å²) in [7, 11) is -9.28. The van der Waals surface area contributed by atoms with Gasteiger partial charge in [-0.1, -0.05) is 18.2 Å². The Morgan fingerprint density at radius 2 is 0.929 bits per heavy atom. The van der Waals surface area contributed by atoms with Gasteiger partial charge >= 0.3 is 15.6 Å². The smallest absolute Gasteiger partial charge is 0.412 e. The zero-order chi connectivity index (χ0) is 11.7. The summed E-state index contributed by atoms with van der Waals surface area (Å²) in [5.74, 6) is 0. The van der Waals surface area contributed by atoms with Crippen molar-refractivity contribution in [2.45, 2.75) is 0 Å². The first-order chi connectivity index (χ1) is 5.41. The van der Waals surface area contributed by atoms with E-state index in [1.54, 1.807) is 0 Å². The summed E-state index contributed by atoms with van der Waals surface area (Å²) in [6.45, 7) is 3.13. The molecule has 0 aliphatic carbocycles. The van der Waals surface area contributed by atoms with Gasteiger partial charge in [-0.2, -0.15) is 0 Å². The first-order valence-electron chi connectivity index (χ1n) is 2.19. The average molecular weight is 277 g/mol. The molecule has 0 aliphatic heterocycles. The number of hydrogen-bond donors (Lipinski definition) is 6. The van der Waals surface area contributed by atoms with Crippen LogP contribution in [-0.2, 0) is 9.13 Å². The molecule has 0 aromatic rings. The lowest BCUT2D eigenvalue weighted by Crippen LogP contribution is -1.66. The minimum absolute atomic E-state index is 0. The summed E-state index contributed by atoms with van der Waals surface area (Å²) in [5.41, 5.74) is 1.22. The topological polar surface area (TPSA) is 187 Å². The number of hydrogen-bond acceptors (Lipinski definition) is 2. The summed E-state index contributed by atoms with van der Waals surface area (Å²) in [5, 5.41) is 0. The van der Waals surface area contributed by atoms with Crippen LogP contribution in [0, 0.1) is 0 Å². The summed E-state index contributed by atoms with van der Waals surface area (Å²) in [6, 6.07) is 0. The van der Waals surface area contributed by atoms with Gasteiger partial charge in [0.2, 0.25) is 0 Å². The summed E-state index contributed by atoms with van der Waals surface area (Å²) < 4.78 is 17.8. The van der Waals surface area contributed by atoms with Crippen molar-refractivity contribution in [2.24, 2.45) is 0 Å². The van der Waals surface area contributed by atoms with Crippen molar-refractivity contribution >= 4 is 27.2 Å². The molecular formula is C2H11ClO9P2. The highest BCUT2D eigenvalue weighted by molar-refractivity contribution is 7.45. The van der Waals surface area contributed by atoms with Crippen molar-refractivity contribution < 1.29 is 44.0 Å². The van der Waals surface area contributed by atoms with Crippen LogP contribution in [0.3, 0.4) is 0 Å². The maximum absolute atomic E-state index is 8.88. The van der Waals surface area contributed by atoms with Gasteiger partial charge in [0.05, 0.1) is 0 Å². The van der Waals surface area contributed by atoms with E-state index in [2.05, 4.69) is 6.58 Å². The minimum Gasteiger partial charge on any atom is -0.412 e. The van der Waals surface area contributed by atoms with Crippen molar-refractivity contribution in [1.82, 2.24) is 0 Å². The Labute approximate surface area is 84.1 Å². The molecule has 0 saturated carbocycles. The summed E-state index contributed by atoms with van der Waals surface area (Å²) in [6.07, 6.45) is 0.